The average Bonchev–Trinajstić information content (AvgIpc) is 2.41. The Hall–Kier alpha value is -0.377. The van der Waals surface area contributed by atoms with Gasteiger partial charge in [-0.1, -0.05) is 74.5 Å². The van der Waals surface area contributed by atoms with Gasteiger partial charge in [-0.25, -0.2) is 0 Å². The van der Waals surface area contributed by atoms with Gasteiger partial charge in [0.15, 0.2) is 0 Å². The van der Waals surface area contributed by atoms with E-state index in [4.69, 9.17) is 4.55 Å². The molecule has 2 aromatic rings. The Labute approximate surface area is 168 Å². The molecule has 0 heterocycles. The maximum Gasteiger partial charge on any atom is 0.261 e. The van der Waals surface area contributed by atoms with Gasteiger partial charge in [0.25, 0.3) is 10.1 Å². The summed E-state index contributed by atoms with van der Waals surface area (Å²) < 4.78 is 25.9. The zero-order chi connectivity index (χ0) is 14.7. The minimum absolute atomic E-state index is 0. The van der Waals surface area contributed by atoms with E-state index >= 15 is 0 Å². The van der Waals surface area contributed by atoms with Gasteiger partial charge in [0.1, 0.15) is 0 Å². The van der Waals surface area contributed by atoms with Gasteiger partial charge in [-0.2, -0.15) is 8.42 Å². The van der Waals surface area contributed by atoms with Gasteiger partial charge < -0.3 is 14.9 Å². The molecule has 0 aromatic heterocycles. The van der Waals surface area contributed by atoms with E-state index in [9.17, 15) is 8.42 Å². The first-order valence-electron chi connectivity index (χ1n) is 6.00. The van der Waals surface area contributed by atoms with Crippen LogP contribution in [0.2, 0.25) is 0 Å². The molecule has 0 bridgehead atoms. The largest absolute Gasteiger partial charge is 0.358 e. The summed E-state index contributed by atoms with van der Waals surface area (Å²) in [4.78, 5) is 0. The van der Waals surface area contributed by atoms with Gasteiger partial charge in [0.05, 0.1) is 6.26 Å². The standard InChI is InChI=1S/C12H10.C2H6.CH4O3S.2CH3.V.W/c1-3-7-11(8-4-1)12-9-5-2-6-10-12;1-2;1-5(2,3)4;;;;/h1-10H;1-2H3;1H3,(H,2,3,4);2*1H3;;/q;;;2*-1;;. The van der Waals surface area contributed by atoms with E-state index in [0.29, 0.717) is 6.26 Å². The van der Waals surface area contributed by atoms with Crippen LogP contribution in [-0.4, -0.2) is 19.2 Å². The van der Waals surface area contributed by atoms with Crippen molar-refractivity contribution in [3.05, 3.63) is 75.5 Å². The zero-order valence-electron chi connectivity index (χ0n) is 14.3. The van der Waals surface area contributed by atoms with Gasteiger partial charge >= 0.3 is 0 Å². The molecule has 3 nitrogen and oxygen atoms in total. The van der Waals surface area contributed by atoms with E-state index in [1.807, 2.05) is 26.0 Å². The van der Waals surface area contributed by atoms with E-state index in [-0.39, 0.29) is 54.5 Å². The number of benzene rings is 2. The molecule has 0 spiro atoms. The van der Waals surface area contributed by atoms with Crippen LogP contribution < -0.4 is 0 Å². The predicted octanol–water partition coefficient (Wildman–Crippen LogP) is 4.78. The monoisotopic (exact) mass is 545 g/mol. The van der Waals surface area contributed by atoms with Crippen molar-refractivity contribution in [3.63, 3.8) is 0 Å². The van der Waals surface area contributed by atoms with Crippen LogP contribution in [-0.2, 0) is 49.7 Å². The SMILES string of the molecule is CC.CS(=O)(=O)O.[CH3-].[CH3-].[V].[W].c1ccc(-c2ccccc2)cc1. The van der Waals surface area contributed by atoms with E-state index < -0.39 is 10.1 Å². The summed E-state index contributed by atoms with van der Waals surface area (Å²) in [6.07, 6.45) is 0.715. The molecule has 0 aliphatic heterocycles. The molecule has 23 heavy (non-hydrogen) atoms. The Morgan fingerprint density at radius 1 is 0.739 bits per heavy atom. The Balaban J connectivity index is -0.0000000871. The van der Waals surface area contributed by atoms with E-state index in [0.717, 1.165) is 0 Å². The molecular weight excluding hydrogens is 519 g/mol. The third-order valence-corrected chi connectivity index (χ3v) is 1.88. The molecule has 0 amide bonds. The summed E-state index contributed by atoms with van der Waals surface area (Å²) in [5.41, 5.74) is 2.55. The number of hydrogen-bond acceptors (Lipinski definition) is 2. The molecule has 0 aliphatic carbocycles. The van der Waals surface area contributed by atoms with Crippen molar-refractivity contribution >= 4 is 10.1 Å². The molecule has 0 aliphatic rings. The molecule has 1 N–H and O–H groups in total. The summed E-state index contributed by atoms with van der Waals surface area (Å²) in [6, 6.07) is 20.8. The first-order chi connectivity index (χ1) is 8.97. The van der Waals surface area contributed by atoms with Crippen molar-refractivity contribution in [2.75, 3.05) is 6.26 Å². The number of hydrogen-bond donors (Lipinski definition) is 1. The topological polar surface area (TPSA) is 54.4 Å². The van der Waals surface area contributed by atoms with Gasteiger partial charge in [-0.15, -0.1) is 0 Å². The van der Waals surface area contributed by atoms with Gasteiger partial charge in [0.2, 0.25) is 0 Å². The maximum atomic E-state index is 9.19. The molecule has 1 radical (unpaired) electrons. The van der Waals surface area contributed by atoms with Gasteiger partial charge in [-0.05, 0) is 11.1 Å². The Kier molecular flexibility index (Phi) is 29.1. The van der Waals surface area contributed by atoms with Crippen LogP contribution in [0.1, 0.15) is 13.8 Å². The second kappa shape index (κ2) is 19.7. The first kappa shape index (κ1) is 34.1. The third kappa shape index (κ3) is 21.6. The molecule has 131 valence electrons. The second-order valence-corrected chi connectivity index (χ2v) is 4.93. The predicted molar refractivity (Wildman–Crippen MR) is 93.5 cm³/mol. The smallest absolute Gasteiger partial charge is 0.261 e. The van der Waals surface area contributed by atoms with Crippen LogP contribution in [0.15, 0.2) is 60.7 Å². The summed E-state index contributed by atoms with van der Waals surface area (Å²) in [6.45, 7) is 4.00. The molecular formula is C17H26O3SVW-2. The third-order valence-electron chi connectivity index (χ3n) is 1.88. The average molecular weight is 545 g/mol. The summed E-state index contributed by atoms with van der Waals surface area (Å²) >= 11 is 0. The molecule has 0 saturated carbocycles. The number of rotatable bonds is 1. The van der Waals surface area contributed by atoms with Gasteiger partial charge in [0, 0.05) is 39.6 Å². The van der Waals surface area contributed by atoms with Crippen molar-refractivity contribution < 1.29 is 52.6 Å². The van der Waals surface area contributed by atoms with Crippen LogP contribution in [0.5, 0.6) is 0 Å². The van der Waals surface area contributed by atoms with Gasteiger partial charge in [-0.3, -0.25) is 4.55 Å². The van der Waals surface area contributed by atoms with E-state index in [1.54, 1.807) is 0 Å². The molecule has 0 unspecified atom stereocenters. The molecule has 6 heteroatoms. The summed E-state index contributed by atoms with van der Waals surface area (Å²) in [5, 5.41) is 0. The molecule has 2 aromatic carbocycles. The minimum atomic E-state index is -3.67. The van der Waals surface area contributed by atoms with Crippen molar-refractivity contribution in [1.82, 2.24) is 0 Å². The van der Waals surface area contributed by atoms with Crippen LogP contribution in [0.25, 0.3) is 11.1 Å². The minimum Gasteiger partial charge on any atom is -0.358 e. The molecule has 0 atom stereocenters. The maximum absolute atomic E-state index is 9.19. The van der Waals surface area contributed by atoms with Crippen LogP contribution in [0, 0.1) is 14.9 Å². The zero-order valence-corrected chi connectivity index (χ0v) is 19.4. The fourth-order valence-electron chi connectivity index (χ4n) is 1.26. The fourth-order valence-corrected chi connectivity index (χ4v) is 1.26. The Morgan fingerprint density at radius 2 is 0.913 bits per heavy atom. The van der Waals surface area contributed by atoms with Crippen LogP contribution in [0.4, 0.5) is 0 Å². The summed E-state index contributed by atoms with van der Waals surface area (Å²) in [7, 11) is -3.67. The Bertz CT molecular complexity index is 501. The molecule has 0 saturated heterocycles. The first-order valence-corrected chi connectivity index (χ1v) is 7.84. The molecule has 0 fully saturated rings. The fraction of sp³-hybridized carbons (Fsp3) is 0.176. The van der Waals surface area contributed by atoms with Crippen LogP contribution >= 0.6 is 0 Å². The van der Waals surface area contributed by atoms with Crippen molar-refractivity contribution in [1.29, 1.82) is 0 Å². The van der Waals surface area contributed by atoms with Crippen molar-refractivity contribution in [2.24, 2.45) is 0 Å². The normalized spacial score (nSPS) is 7.83. The van der Waals surface area contributed by atoms with Crippen molar-refractivity contribution in [3.8, 4) is 11.1 Å². The van der Waals surface area contributed by atoms with E-state index in [2.05, 4.69) is 48.5 Å². The van der Waals surface area contributed by atoms with Crippen molar-refractivity contribution in [2.45, 2.75) is 13.8 Å². The van der Waals surface area contributed by atoms with Crippen LogP contribution in [0.3, 0.4) is 0 Å². The molecule has 2 rings (SSSR count). The van der Waals surface area contributed by atoms with E-state index in [1.165, 1.54) is 11.1 Å². The Morgan fingerprint density at radius 3 is 1.09 bits per heavy atom. The second-order valence-electron chi connectivity index (χ2n) is 3.47. The quantitative estimate of drug-likeness (QED) is 0.415. The summed E-state index contributed by atoms with van der Waals surface area (Å²) in [5.74, 6) is 0.